The van der Waals surface area contributed by atoms with Crippen molar-refractivity contribution >= 4 is 0 Å². The Morgan fingerprint density at radius 2 is 1.94 bits per heavy atom. The summed E-state index contributed by atoms with van der Waals surface area (Å²) < 4.78 is 5.65. The summed E-state index contributed by atoms with van der Waals surface area (Å²) >= 11 is 0. The van der Waals surface area contributed by atoms with Crippen molar-refractivity contribution in [3.8, 4) is 0 Å². The fourth-order valence-electron chi connectivity index (χ4n) is 2.07. The second-order valence-corrected chi connectivity index (χ2v) is 4.32. The molecule has 0 aromatic heterocycles. The van der Waals surface area contributed by atoms with Crippen molar-refractivity contribution < 1.29 is 9.84 Å². The van der Waals surface area contributed by atoms with Gasteiger partial charge >= 0.3 is 0 Å². The lowest BCUT2D eigenvalue weighted by atomic mass is 10.2. The normalized spacial score (nSPS) is 24.8. The highest BCUT2D eigenvalue weighted by molar-refractivity contribution is 5.13. The first-order chi connectivity index (χ1) is 7.88. The zero-order chi connectivity index (χ0) is 11.2. The molecule has 16 heavy (non-hydrogen) atoms. The van der Waals surface area contributed by atoms with Crippen LogP contribution in [-0.4, -0.2) is 30.4 Å². The first kappa shape index (κ1) is 11.6. The Morgan fingerprint density at radius 1 is 1.19 bits per heavy atom. The Labute approximate surface area is 96.4 Å². The average Bonchev–Trinajstić information content (AvgIpc) is 2.78. The van der Waals surface area contributed by atoms with Crippen molar-refractivity contribution in [1.29, 1.82) is 0 Å². The van der Waals surface area contributed by atoms with Gasteiger partial charge in [-0.05, 0) is 18.4 Å². The van der Waals surface area contributed by atoms with E-state index in [9.17, 15) is 0 Å². The quantitative estimate of drug-likeness (QED) is 0.788. The van der Waals surface area contributed by atoms with Gasteiger partial charge in [-0.1, -0.05) is 30.3 Å². The predicted molar refractivity (Wildman–Crippen MR) is 63.1 cm³/mol. The van der Waals surface area contributed by atoms with Crippen LogP contribution in [0.5, 0.6) is 0 Å². The molecule has 0 bridgehead atoms. The van der Waals surface area contributed by atoms with Crippen molar-refractivity contribution in [2.24, 2.45) is 0 Å². The molecule has 0 amide bonds. The Morgan fingerprint density at radius 3 is 2.62 bits per heavy atom. The third-order valence-corrected chi connectivity index (χ3v) is 2.99. The minimum Gasteiger partial charge on any atom is -0.395 e. The van der Waals surface area contributed by atoms with E-state index in [-0.39, 0.29) is 12.6 Å². The Kier molecular flexibility index (Phi) is 4.34. The van der Waals surface area contributed by atoms with Crippen molar-refractivity contribution in [2.45, 2.75) is 31.5 Å². The fraction of sp³-hybridized carbons (Fsp3) is 0.538. The zero-order valence-corrected chi connectivity index (χ0v) is 9.43. The Bertz CT molecular complexity index is 302. The molecule has 0 radical (unpaired) electrons. The summed E-state index contributed by atoms with van der Waals surface area (Å²) in [5.41, 5.74) is 1.21. The third-order valence-electron chi connectivity index (χ3n) is 2.99. The first-order valence-electron chi connectivity index (χ1n) is 5.87. The highest BCUT2D eigenvalue weighted by atomic mass is 16.5. The summed E-state index contributed by atoms with van der Waals surface area (Å²) in [6.45, 7) is 1.63. The van der Waals surface area contributed by atoms with E-state index in [2.05, 4.69) is 17.4 Å². The molecule has 2 N–H and O–H groups in total. The lowest BCUT2D eigenvalue weighted by Crippen LogP contribution is -2.34. The molecule has 0 saturated carbocycles. The van der Waals surface area contributed by atoms with Crippen LogP contribution in [0.2, 0.25) is 0 Å². The van der Waals surface area contributed by atoms with Crippen LogP contribution in [0, 0.1) is 0 Å². The molecule has 1 fully saturated rings. The second kappa shape index (κ2) is 5.99. The van der Waals surface area contributed by atoms with Crippen molar-refractivity contribution in [3.63, 3.8) is 0 Å². The standard InChI is InChI=1S/C13H19NO2/c15-8-12-6-7-13(14-12)10-16-9-11-4-2-1-3-5-11/h1-5,12-15H,6-10H2/t12-,13+/m0/s1. The van der Waals surface area contributed by atoms with Gasteiger partial charge in [-0.15, -0.1) is 0 Å². The van der Waals surface area contributed by atoms with E-state index >= 15 is 0 Å². The van der Waals surface area contributed by atoms with Crippen molar-refractivity contribution in [2.75, 3.05) is 13.2 Å². The fourth-order valence-corrected chi connectivity index (χ4v) is 2.07. The van der Waals surface area contributed by atoms with Crippen molar-refractivity contribution in [3.05, 3.63) is 35.9 Å². The second-order valence-electron chi connectivity index (χ2n) is 4.32. The van der Waals surface area contributed by atoms with E-state index in [1.54, 1.807) is 0 Å². The van der Waals surface area contributed by atoms with Gasteiger partial charge in [0.15, 0.2) is 0 Å². The van der Waals surface area contributed by atoms with Crippen LogP contribution in [0.15, 0.2) is 30.3 Å². The smallest absolute Gasteiger partial charge is 0.0717 e. The van der Waals surface area contributed by atoms with Gasteiger partial charge in [0, 0.05) is 12.1 Å². The molecule has 0 spiro atoms. The van der Waals surface area contributed by atoms with Crippen LogP contribution in [0.3, 0.4) is 0 Å². The van der Waals surface area contributed by atoms with E-state index in [0.29, 0.717) is 12.6 Å². The molecule has 2 atom stereocenters. The number of aliphatic hydroxyl groups is 1. The molecule has 0 unspecified atom stereocenters. The summed E-state index contributed by atoms with van der Waals surface area (Å²) in [7, 11) is 0. The maximum atomic E-state index is 8.98. The third kappa shape index (κ3) is 3.30. The molecule has 3 heteroatoms. The molecule has 1 heterocycles. The monoisotopic (exact) mass is 221 g/mol. The molecule has 1 saturated heterocycles. The highest BCUT2D eigenvalue weighted by Crippen LogP contribution is 2.12. The predicted octanol–water partition coefficient (Wildman–Crippen LogP) is 1.32. The van der Waals surface area contributed by atoms with Crippen LogP contribution in [0.1, 0.15) is 18.4 Å². The van der Waals surface area contributed by atoms with Crippen LogP contribution >= 0.6 is 0 Å². The van der Waals surface area contributed by atoms with E-state index in [0.717, 1.165) is 19.4 Å². The Balaban J connectivity index is 1.65. The van der Waals surface area contributed by atoms with Gasteiger partial charge in [-0.25, -0.2) is 0 Å². The summed E-state index contributed by atoms with van der Waals surface area (Å²) in [5.74, 6) is 0. The molecule has 1 aromatic carbocycles. The van der Waals surface area contributed by atoms with E-state index in [1.165, 1.54) is 5.56 Å². The molecule has 3 nitrogen and oxygen atoms in total. The summed E-state index contributed by atoms with van der Waals surface area (Å²) in [5, 5.41) is 12.3. The number of ether oxygens (including phenoxy) is 1. The summed E-state index contributed by atoms with van der Waals surface area (Å²) in [6, 6.07) is 10.9. The maximum absolute atomic E-state index is 8.98. The van der Waals surface area contributed by atoms with Gasteiger partial charge in [0.2, 0.25) is 0 Å². The molecule has 0 aliphatic carbocycles. The van der Waals surface area contributed by atoms with Crippen molar-refractivity contribution in [1.82, 2.24) is 5.32 Å². The van der Waals surface area contributed by atoms with E-state index in [4.69, 9.17) is 9.84 Å². The molecule has 1 aliphatic heterocycles. The molecule has 88 valence electrons. The number of aliphatic hydroxyl groups excluding tert-OH is 1. The van der Waals surface area contributed by atoms with Gasteiger partial charge in [-0.3, -0.25) is 0 Å². The number of rotatable bonds is 5. The number of hydrogen-bond donors (Lipinski definition) is 2. The highest BCUT2D eigenvalue weighted by Gasteiger charge is 2.22. The molecular formula is C13H19NO2. The zero-order valence-electron chi connectivity index (χ0n) is 9.43. The molecule has 2 rings (SSSR count). The van der Waals surface area contributed by atoms with Gasteiger partial charge in [0.1, 0.15) is 0 Å². The molecule has 1 aromatic rings. The summed E-state index contributed by atoms with van der Waals surface area (Å²) in [6.07, 6.45) is 2.15. The SMILES string of the molecule is OC[C@@H]1CC[C@H](COCc2ccccc2)N1. The van der Waals surface area contributed by atoms with Gasteiger partial charge in [0.25, 0.3) is 0 Å². The van der Waals surface area contributed by atoms with E-state index < -0.39 is 0 Å². The number of hydrogen-bond acceptors (Lipinski definition) is 3. The largest absolute Gasteiger partial charge is 0.395 e. The van der Waals surface area contributed by atoms with Gasteiger partial charge < -0.3 is 15.2 Å². The Hall–Kier alpha value is -0.900. The first-order valence-corrected chi connectivity index (χ1v) is 5.87. The van der Waals surface area contributed by atoms with Gasteiger partial charge in [-0.2, -0.15) is 0 Å². The average molecular weight is 221 g/mol. The van der Waals surface area contributed by atoms with Gasteiger partial charge in [0.05, 0.1) is 19.8 Å². The lowest BCUT2D eigenvalue weighted by Gasteiger charge is -2.13. The molecular weight excluding hydrogens is 202 g/mol. The van der Waals surface area contributed by atoms with Crippen LogP contribution < -0.4 is 5.32 Å². The van der Waals surface area contributed by atoms with E-state index in [1.807, 2.05) is 18.2 Å². The molecule has 1 aliphatic rings. The topological polar surface area (TPSA) is 41.5 Å². The van der Waals surface area contributed by atoms with Crippen LogP contribution in [0.4, 0.5) is 0 Å². The minimum atomic E-state index is 0.231. The maximum Gasteiger partial charge on any atom is 0.0717 e. The van der Waals surface area contributed by atoms with Crippen LogP contribution in [-0.2, 0) is 11.3 Å². The minimum absolute atomic E-state index is 0.231. The number of benzene rings is 1. The summed E-state index contributed by atoms with van der Waals surface area (Å²) in [4.78, 5) is 0. The lowest BCUT2D eigenvalue weighted by molar-refractivity contribution is 0.101. The van der Waals surface area contributed by atoms with Crippen LogP contribution in [0.25, 0.3) is 0 Å². The number of nitrogens with one attached hydrogen (secondary N) is 1.